The summed E-state index contributed by atoms with van der Waals surface area (Å²) in [5.74, 6) is 0.0249. The van der Waals surface area contributed by atoms with Gasteiger partial charge in [-0.2, -0.15) is 0 Å². The largest absolute Gasteiger partial charge is 0.387 e. The third-order valence-electron chi connectivity index (χ3n) is 5.97. The van der Waals surface area contributed by atoms with Gasteiger partial charge >= 0.3 is 0 Å². The molecule has 2 aliphatic rings. The fourth-order valence-electron chi connectivity index (χ4n) is 4.49. The molecule has 140 valence electrons. The number of hydrogen-bond donors (Lipinski definition) is 0. The third kappa shape index (κ3) is 2.45. The van der Waals surface area contributed by atoms with Crippen molar-refractivity contribution in [3.05, 3.63) is 85.9 Å². The van der Waals surface area contributed by atoms with Crippen LogP contribution < -0.4 is 0 Å². The molecule has 3 aromatic rings. The number of rotatable bonds is 1. The average Bonchev–Trinajstić information content (AvgIpc) is 3.14. The van der Waals surface area contributed by atoms with Gasteiger partial charge in [-0.3, -0.25) is 0 Å². The molecule has 5 rings (SSSR count). The van der Waals surface area contributed by atoms with E-state index in [1.54, 1.807) is 0 Å². The van der Waals surface area contributed by atoms with Gasteiger partial charge in [-0.25, -0.2) is 0 Å². The molecule has 0 amide bonds. The minimum Gasteiger partial charge on any atom is -0.387 e. The number of benzene rings is 3. The van der Waals surface area contributed by atoms with E-state index in [2.05, 4.69) is 53.7 Å². The fourth-order valence-corrected chi connectivity index (χ4v) is 4.92. The molecule has 2 atom stereocenters. The summed E-state index contributed by atoms with van der Waals surface area (Å²) < 4.78 is 0. The maximum absolute atomic E-state index is 6.60. The summed E-state index contributed by atoms with van der Waals surface area (Å²) >= 11 is 13.2. The molecule has 28 heavy (non-hydrogen) atoms. The normalized spacial score (nSPS) is 20.0. The summed E-state index contributed by atoms with van der Waals surface area (Å²) in [5, 5.41) is 8.35. The summed E-state index contributed by atoms with van der Waals surface area (Å²) in [6, 6.07) is 12.9. The number of halogens is 2. The summed E-state index contributed by atoms with van der Waals surface area (Å²) in [4.78, 5) is 5.83. The van der Waals surface area contributed by atoms with Crippen LogP contribution in [-0.2, 0) is 4.84 Å². The van der Waals surface area contributed by atoms with Gasteiger partial charge in [-0.05, 0) is 77.6 Å². The Morgan fingerprint density at radius 3 is 2.21 bits per heavy atom. The van der Waals surface area contributed by atoms with Crippen LogP contribution in [0.25, 0.3) is 16.8 Å². The Kier molecular flexibility index (Phi) is 4.04. The predicted molar refractivity (Wildman–Crippen MR) is 118 cm³/mol. The predicted octanol–water partition coefficient (Wildman–Crippen LogP) is 6.99. The molecule has 1 heterocycles. The molecule has 0 aromatic heterocycles. The molecule has 0 saturated carbocycles. The van der Waals surface area contributed by atoms with Crippen LogP contribution in [0.4, 0.5) is 0 Å². The first-order valence-corrected chi connectivity index (χ1v) is 10.1. The van der Waals surface area contributed by atoms with Gasteiger partial charge in [0.2, 0.25) is 0 Å². The Bertz CT molecular complexity index is 1180. The fraction of sp³-hybridized carbons (Fsp3) is 0.208. The van der Waals surface area contributed by atoms with E-state index in [1.165, 1.54) is 21.9 Å². The van der Waals surface area contributed by atoms with Crippen LogP contribution in [0.2, 0.25) is 10.0 Å². The molecular weight excluding hydrogens is 389 g/mol. The van der Waals surface area contributed by atoms with E-state index in [0.717, 1.165) is 28.0 Å². The zero-order valence-electron chi connectivity index (χ0n) is 15.9. The van der Waals surface area contributed by atoms with Gasteiger partial charge in [0, 0.05) is 15.6 Å². The molecule has 0 spiro atoms. The second kappa shape index (κ2) is 6.37. The smallest absolute Gasteiger partial charge is 0.158 e. The van der Waals surface area contributed by atoms with Gasteiger partial charge in [0.15, 0.2) is 6.10 Å². The molecule has 3 aromatic carbocycles. The van der Waals surface area contributed by atoms with Crippen LogP contribution in [0.1, 0.15) is 39.3 Å². The lowest BCUT2D eigenvalue weighted by Gasteiger charge is -2.25. The lowest BCUT2D eigenvalue weighted by atomic mass is 9.77. The molecule has 1 aliphatic carbocycles. The van der Waals surface area contributed by atoms with Crippen molar-refractivity contribution >= 4 is 45.8 Å². The highest BCUT2D eigenvalue weighted by atomic mass is 35.5. The monoisotopic (exact) mass is 407 g/mol. The summed E-state index contributed by atoms with van der Waals surface area (Å²) in [5.41, 5.74) is 7.26. The van der Waals surface area contributed by atoms with Crippen LogP contribution in [-0.4, -0.2) is 11.8 Å². The second-order valence-electron chi connectivity index (χ2n) is 7.59. The summed E-state index contributed by atoms with van der Waals surface area (Å²) in [6.07, 6.45) is 4.12. The van der Waals surface area contributed by atoms with Crippen molar-refractivity contribution in [2.75, 3.05) is 0 Å². The van der Waals surface area contributed by atoms with Crippen molar-refractivity contribution in [1.82, 2.24) is 0 Å². The highest BCUT2D eigenvalue weighted by molar-refractivity contribution is 6.38. The van der Waals surface area contributed by atoms with E-state index in [4.69, 9.17) is 28.0 Å². The van der Waals surface area contributed by atoms with E-state index in [-0.39, 0.29) is 12.0 Å². The minimum absolute atomic E-state index is 0.0249. The standard InChI is InChI=1S/C24H19Cl2NO/c1-12-20(13(2)23(26)14(3)22(12)25)24-21-18-11-16-7-5-4-6-15(16)10-17(18)8-9-19(21)28-27-24/h4-11,19,21H,1-3H3/t19-,21+/m0/s1. The van der Waals surface area contributed by atoms with Crippen molar-refractivity contribution in [2.45, 2.75) is 32.8 Å². The SMILES string of the molecule is Cc1c(Cl)c(C)c(C2=NO[C@H]3C=Cc4cc5ccccc5cc4[C@@H]23)c(C)c1Cl. The topological polar surface area (TPSA) is 21.6 Å². The van der Waals surface area contributed by atoms with Crippen molar-refractivity contribution in [3.8, 4) is 0 Å². The van der Waals surface area contributed by atoms with E-state index < -0.39 is 0 Å². The van der Waals surface area contributed by atoms with E-state index in [9.17, 15) is 0 Å². The maximum Gasteiger partial charge on any atom is 0.158 e. The summed E-state index contributed by atoms with van der Waals surface area (Å²) in [6.45, 7) is 6.02. The highest BCUT2D eigenvalue weighted by Gasteiger charge is 2.39. The number of oxime groups is 1. The average molecular weight is 408 g/mol. The molecule has 4 heteroatoms. The maximum atomic E-state index is 6.60. The van der Waals surface area contributed by atoms with Crippen molar-refractivity contribution in [1.29, 1.82) is 0 Å². The zero-order valence-corrected chi connectivity index (χ0v) is 17.4. The van der Waals surface area contributed by atoms with Crippen LogP contribution >= 0.6 is 23.2 Å². The number of hydrogen-bond acceptors (Lipinski definition) is 2. The van der Waals surface area contributed by atoms with Gasteiger partial charge in [0.25, 0.3) is 0 Å². The Morgan fingerprint density at radius 1 is 0.893 bits per heavy atom. The van der Waals surface area contributed by atoms with Gasteiger partial charge in [0.05, 0.1) is 11.6 Å². The van der Waals surface area contributed by atoms with Gasteiger partial charge in [-0.15, -0.1) is 0 Å². The van der Waals surface area contributed by atoms with Crippen LogP contribution in [0.3, 0.4) is 0 Å². The first-order chi connectivity index (χ1) is 13.5. The molecule has 1 aliphatic heterocycles. The molecule has 0 saturated heterocycles. The van der Waals surface area contributed by atoms with Gasteiger partial charge in [0.1, 0.15) is 0 Å². The quantitative estimate of drug-likeness (QED) is 0.425. The van der Waals surface area contributed by atoms with Crippen LogP contribution in [0.5, 0.6) is 0 Å². The third-order valence-corrected chi connectivity index (χ3v) is 7.10. The van der Waals surface area contributed by atoms with Gasteiger partial charge < -0.3 is 4.84 Å². The van der Waals surface area contributed by atoms with Crippen LogP contribution in [0.15, 0.2) is 47.6 Å². The minimum atomic E-state index is -0.110. The number of nitrogens with zero attached hydrogens (tertiary/aromatic N) is 1. The highest BCUT2D eigenvalue weighted by Crippen LogP contribution is 2.43. The van der Waals surface area contributed by atoms with E-state index in [0.29, 0.717) is 10.0 Å². The van der Waals surface area contributed by atoms with E-state index in [1.807, 2.05) is 20.8 Å². The summed E-state index contributed by atoms with van der Waals surface area (Å²) in [7, 11) is 0. The zero-order chi connectivity index (χ0) is 19.6. The number of fused-ring (bicyclic) bond motifs is 4. The molecular formula is C24H19Cl2NO. The lowest BCUT2D eigenvalue weighted by Crippen LogP contribution is -2.25. The van der Waals surface area contributed by atoms with Crippen LogP contribution in [0, 0.1) is 20.8 Å². The molecule has 0 fully saturated rings. The second-order valence-corrected chi connectivity index (χ2v) is 8.35. The molecule has 0 unspecified atom stereocenters. The van der Waals surface area contributed by atoms with Gasteiger partial charge in [-0.1, -0.05) is 58.7 Å². The molecule has 2 nitrogen and oxygen atoms in total. The van der Waals surface area contributed by atoms with E-state index >= 15 is 0 Å². The van der Waals surface area contributed by atoms with Crippen molar-refractivity contribution in [3.63, 3.8) is 0 Å². The van der Waals surface area contributed by atoms with Crippen molar-refractivity contribution < 1.29 is 4.84 Å². The Morgan fingerprint density at radius 2 is 1.54 bits per heavy atom. The molecule has 0 N–H and O–H groups in total. The molecule has 0 radical (unpaired) electrons. The van der Waals surface area contributed by atoms with Crippen molar-refractivity contribution in [2.24, 2.45) is 5.16 Å². The first-order valence-electron chi connectivity index (χ1n) is 9.37. The lowest BCUT2D eigenvalue weighted by molar-refractivity contribution is 0.111. The Balaban J connectivity index is 1.73. The Labute approximate surface area is 174 Å². The first kappa shape index (κ1) is 17.8. The molecule has 0 bridgehead atoms. The Hall–Kier alpha value is -2.29.